The molecule has 0 bridgehead atoms. The van der Waals surface area contributed by atoms with Gasteiger partial charge < -0.3 is 30.9 Å². The maximum Gasteiger partial charge on any atom is 0.330 e. The average molecular weight is 575 g/mol. The summed E-state index contributed by atoms with van der Waals surface area (Å²) in [5.41, 5.74) is 4.03. The molecule has 0 saturated carbocycles. The van der Waals surface area contributed by atoms with Crippen LogP contribution in [-0.2, 0) is 25.5 Å². The number of phenolic OH excluding ortho intramolecular Hbond substituents is 1. The van der Waals surface area contributed by atoms with Crippen molar-refractivity contribution in [3.8, 4) is 16.9 Å². The normalized spacial score (nSPS) is 25.4. The topological polar surface area (TPSA) is 188 Å². The van der Waals surface area contributed by atoms with Gasteiger partial charge in [-0.3, -0.25) is 19.3 Å². The molecule has 0 aromatic heterocycles. The molecule has 0 saturated heterocycles. The van der Waals surface area contributed by atoms with Gasteiger partial charge in [-0.05, 0) is 73.3 Å². The van der Waals surface area contributed by atoms with Gasteiger partial charge in [0.15, 0.2) is 11.4 Å². The number of rotatable bonds is 5. The molecular weight excluding hydrogens is 544 g/mol. The van der Waals surface area contributed by atoms with Crippen LogP contribution >= 0.6 is 0 Å². The van der Waals surface area contributed by atoms with E-state index in [-0.39, 0.29) is 29.7 Å². The molecule has 3 aliphatic carbocycles. The lowest BCUT2D eigenvalue weighted by Crippen LogP contribution is -2.63. The number of nitrogens with two attached hydrogens (primary N) is 1. The fourth-order valence-electron chi connectivity index (χ4n) is 6.56. The first-order valence-electron chi connectivity index (χ1n) is 13.2. The maximum atomic E-state index is 13.9. The van der Waals surface area contributed by atoms with Crippen molar-refractivity contribution in [3.05, 3.63) is 81.8 Å². The van der Waals surface area contributed by atoms with Gasteiger partial charge in [0.05, 0.1) is 18.7 Å². The number of phenols is 1. The maximum absolute atomic E-state index is 13.9. The number of fused-ring (bicyclic) bond motifs is 3. The highest BCUT2D eigenvalue weighted by Gasteiger charge is 2.63. The number of carbonyl (C=O) groups excluding carboxylic acids is 4. The third-order valence-corrected chi connectivity index (χ3v) is 8.42. The number of carbonyl (C=O) groups is 4. The van der Waals surface area contributed by atoms with E-state index in [9.17, 15) is 39.6 Å². The zero-order valence-corrected chi connectivity index (χ0v) is 23.1. The lowest BCUT2D eigenvalue weighted by atomic mass is 9.58. The summed E-state index contributed by atoms with van der Waals surface area (Å²) in [5, 5.41) is 44.9. The van der Waals surface area contributed by atoms with Crippen LogP contribution in [0.3, 0.4) is 0 Å². The molecule has 5 rings (SSSR count). The van der Waals surface area contributed by atoms with E-state index in [0.29, 0.717) is 22.3 Å². The van der Waals surface area contributed by atoms with Crippen LogP contribution in [0.4, 0.5) is 0 Å². The van der Waals surface area contributed by atoms with Crippen molar-refractivity contribution >= 4 is 29.5 Å². The van der Waals surface area contributed by atoms with Gasteiger partial charge in [0.25, 0.3) is 5.91 Å². The number of esters is 1. The second kappa shape index (κ2) is 10.3. The highest BCUT2D eigenvalue weighted by molar-refractivity contribution is 6.25. The summed E-state index contributed by atoms with van der Waals surface area (Å²) in [4.78, 5) is 52.6. The van der Waals surface area contributed by atoms with Gasteiger partial charge in [-0.25, -0.2) is 4.79 Å². The smallest absolute Gasteiger partial charge is 0.330 e. The van der Waals surface area contributed by atoms with Gasteiger partial charge in [-0.2, -0.15) is 0 Å². The van der Waals surface area contributed by atoms with Gasteiger partial charge >= 0.3 is 5.97 Å². The Morgan fingerprint density at radius 3 is 2.48 bits per heavy atom. The summed E-state index contributed by atoms with van der Waals surface area (Å²) in [5.74, 6) is -7.54. The van der Waals surface area contributed by atoms with Crippen molar-refractivity contribution in [1.29, 1.82) is 0 Å². The first kappa shape index (κ1) is 28.8. The Hall–Kier alpha value is -4.74. The number of aliphatic hydroxyl groups excluding tert-OH is 2. The predicted molar refractivity (Wildman–Crippen MR) is 150 cm³/mol. The van der Waals surface area contributed by atoms with Crippen LogP contribution in [0.5, 0.6) is 5.75 Å². The molecule has 2 aromatic carbocycles. The van der Waals surface area contributed by atoms with E-state index < -0.39 is 64.0 Å². The van der Waals surface area contributed by atoms with Crippen molar-refractivity contribution in [3.63, 3.8) is 0 Å². The molecule has 0 spiro atoms. The van der Waals surface area contributed by atoms with Gasteiger partial charge in [-0.15, -0.1) is 0 Å². The molecule has 0 aliphatic heterocycles. The van der Waals surface area contributed by atoms with E-state index in [1.165, 1.54) is 24.2 Å². The summed E-state index contributed by atoms with van der Waals surface area (Å²) in [7, 11) is 4.42. The van der Waals surface area contributed by atoms with Crippen LogP contribution < -0.4 is 5.73 Å². The SMILES string of the molecule is COC(=O)/C=C/c1cccc(-c2ccc(O)c3c2CC2CC4C(N(C)C)C(O)=C(C(N)=O)C(=O)C4(O)C(O)=C2C3=O)c1. The Labute approximate surface area is 240 Å². The molecule has 3 aliphatic rings. The van der Waals surface area contributed by atoms with Crippen LogP contribution in [0.25, 0.3) is 17.2 Å². The average Bonchev–Trinajstić information content (AvgIpc) is 2.93. The number of nitrogens with zero attached hydrogens (tertiary/aromatic N) is 1. The molecule has 4 atom stereocenters. The van der Waals surface area contributed by atoms with E-state index in [0.717, 1.165) is 0 Å². The standard InChI is InChI=1S/C31H30N2O9/c1-33(2)25-19-13-16-12-18-17(15-6-4-5-14(11-15)7-10-21(35)42-3)8-9-20(34)23(18)26(36)22(16)28(38)31(19,41)29(39)24(27(25)37)30(32)40/h4-11,16,19,25,34,37-38,41H,12-13H2,1-3H3,(H2,32,40)/b10-7+. The van der Waals surface area contributed by atoms with Gasteiger partial charge in [0, 0.05) is 17.6 Å². The Kier molecular flexibility index (Phi) is 7.04. The number of ether oxygens (including phenoxy) is 1. The Morgan fingerprint density at radius 1 is 1.12 bits per heavy atom. The zero-order chi connectivity index (χ0) is 30.7. The number of ketones is 2. The summed E-state index contributed by atoms with van der Waals surface area (Å²) < 4.78 is 4.64. The fraction of sp³-hybridized carbons (Fsp3) is 0.290. The van der Waals surface area contributed by atoms with Crippen molar-refractivity contribution in [2.24, 2.45) is 17.6 Å². The van der Waals surface area contributed by atoms with E-state index >= 15 is 0 Å². The Bertz CT molecular complexity index is 1650. The minimum atomic E-state index is -2.70. The van der Waals surface area contributed by atoms with Crippen molar-refractivity contribution in [2.45, 2.75) is 24.5 Å². The number of hydrogen-bond donors (Lipinski definition) is 5. The fourth-order valence-corrected chi connectivity index (χ4v) is 6.56. The van der Waals surface area contributed by atoms with Crippen molar-refractivity contribution in [2.75, 3.05) is 21.2 Å². The number of likely N-dealkylation sites (N-methyl/N-ethyl adjacent to an activating group) is 1. The number of Topliss-reactive ketones (excluding diaryl/α,β-unsaturated/α-hetero) is 2. The Morgan fingerprint density at radius 2 is 1.83 bits per heavy atom. The molecule has 0 fully saturated rings. The van der Waals surface area contributed by atoms with Crippen LogP contribution in [0.15, 0.2) is 65.1 Å². The first-order chi connectivity index (χ1) is 19.8. The Balaban J connectivity index is 1.66. The van der Waals surface area contributed by atoms with E-state index in [1.807, 2.05) is 6.07 Å². The number of aromatic hydroxyl groups is 1. The molecule has 6 N–H and O–H groups in total. The largest absolute Gasteiger partial charge is 0.510 e. The number of benzene rings is 2. The van der Waals surface area contributed by atoms with Gasteiger partial charge in [-0.1, -0.05) is 24.3 Å². The number of primary amides is 1. The molecule has 11 heteroatoms. The van der Waals surface area contributed by atoms with Crippen LogP contribution in [0.2, 0.25) is 0 Å². The monoisotopic (exact) mass is 574 g/mol. The predicted octanol–water partition coefficient (Wildman–Crippen LogP) is 1.97. The van der Waals surface area contributed by atoms with Gasteiger partial charge in [0.1, 0.15) is 22.8 Å². The second-order valence-electron chi connectivity index (χ2n) is 10.9. The first-order valence-corrected chi connectivity index (χ1v) is 13.2. The van der Waals surface area contributed by atoms with E-state index in [1.54, 1.807) is 44.4 Å². The lowest BCUT2D eigenvalue weighted by Gasteiger charge is -2.50. The van der Waals surface area contributed by atoms with E-state index in [4.69, 9.17) is 5.73 Å². The summed E-state index contributed by atoms with van der Waals surface area (Å²) in [6.45, 7) is 0. The molecular formula is C31H30N2O9. The molecule has 4 unspecified atom stereocenters. The molecule has 1 amide bonds. The zero-order valence-electron chi connectivity index (χ0n) is 23.1. The highest BCUT2D eigenvalue weighted by atomic mass is 16.5. The summed E-state index contributed by atoms with van der Waals surface area (Å²) >= 11 is 0. The minimum Gasteiger partial charge on any atom is -0.510 e. The van der Waals surface area contributed by atoms with Crippen LogP contribution in [0.1, 0.15) is 27.9 Å². The lowest BCUT2D eigenvalue weighted by molar-refractivity contribution is -0.148. The van der Waals surface area contributed by atoms with E-state index in [2.05, 4.69) is 4.74 Å². The number of amides is 1. The van der Waals surface area contributed by atoms with Crippen molar-refractivity contribution in [1.82, 2.24) is 4.90 Å². The second-order valence-corrected chi connectivity index (χ2v) is 10.9. The number of aliphatic hydroxyl groups is 3. The summed E-state index contributed by atoms with van der Waals surface area (Å²) in [6.07, 6.45) is 3.00. The third-order valence-electron chi connectivity index (χ3n) is 8.42. The summed E-state index contributed by atoms with van der Waals surface area (Å²) in [6, 6.07) is 9.11. The number of methoxy groups -OCH3 is 1. The molecule has 42 heavy (non-hydrogen) atoms. The van der Waals surface area contributed by atoms with Crippen LogP contribution in [-0.4, -0.2) is 81.6 Å². The van der Waals surface area contributed by atoms with Crippen molar-refractivity contribution < 1.29 is 44.3 Å². The molecule has 11 nitrogen and oxygen atoms in total. The third kappa shape index (κ3) is 4.20. The van der Waals surface area contributed by atoms with Crippen LogP contribution in [0, 0.1) is 11.8 Å². The molecule has 0 radical (unpaired) electrons. The van der Waals surface area contributed by atoms with Gasteiger partial charge in [0.2, 0.25) is 5.78 Å². The number of allylic oxidation sites excluding steroid dienone is 1. The minimum absolute atomic E-state index is 0.0111. The molecule has 218 valence electrons. The molecule has 2 aromatic rings. The quantitative estimate of drug-likeness (QED) is 0.201. The molecule has 0 heterocycles. The highest BCUT2D eigenvalue weighted by Crippen LogP contribution is 2.53. The number of hydrogen-bond acceptors (Lipinski definition) is 10.